The number of hydrogen-bond donors (Lipinski definition) is 1. The highest BCUT2D eigenvalue weighted by atomic mass is 32.2. The Morgan fingerprint density at radius 2 is 1.02 bits per heavy atom. The molecule has 0 spiro atoms. The van der Waals surface area contributed by atoms with Gasteiger partial charge in [-0.1, -0.05) is 54.6 Å². The molecule has 0 aromatic heterocycles. The number of para-hydroxylation sites is 1. The van der Waals surface area contributed by atoms with E-state index < -0.39 is 20.2 Å². The Bertz CT molecular complexity index is 1980. The van der Waals surface area contributed by atoms with Crippen molar-refractivity contribution in [3.63, 3.8) is 0 Å². The minimum atomic E-state index is -4.19. The molecule has 5 aromatic rings. The maximum absolute atomic E-state index is 13.3. The Kier molecular flexibility index (Phi) is 7.25. The van der Waals surface area contributed by atoms with E-state index in [-0.39, 0.29) is 21.3 Å². The molecule has 8 nitrogen and oxygen atoms in total. The molecule has 6 rings (SSSR count). The van der Waals surface area contributed by atoms with E-state index in [0.29, 0.717) is 33.7 Å². The molecule has 0 unspecified atom stereocenters. The van der Waals surface area contributed by atoms with Crippen LogP contribution in [0.15, 0.2) is 130 Å². The molecule has 43 heavy (non-hydrogen) atoms. The SMILES string of the molecule is Cc1cccc(OS(=O)(=O)c2ccc3c(c2)C(=NNc2ccccc2)c2cc(S(=O)(=O)Oc4cccc(C)c4)ccc2-3)c1. The average molecular weight is 611 g/mol. The molecule has 0 aliphatic heterocycles. The zero-order valence-corrected chi connectivity index (χ0v) is 24.8. The van der Waals surface area contributed by atoms with Crippen molar-refractivity contribution < 1.29 is 25.2 Å². The molecular formula is C33H26N2O6S2. The van der Waals surface area contributed by atoms with Gasteiger partial charge in [0.1, 0.15) is 21.3 Å². The summed E-state index contributed by atoms with van der Waals surface area (Å²) in [7, 11) is -8.38. The van der Waals surface area contributed by atoms with Crippen molar-refractivity contribution >= 4 is 31.6 Å². The number of hydrogen-bond acceptors (Lipinski definition) is 8. The van der Waals surface area contributed by atoms with Crippen LogP contribution in [0.5, 0.6) is 11.5 Å². The van der Waals surface area contributed by atoms with E-state index >= 15 is 0 Å². The Morgan fingerprint density at radius 1 is 0.535 bits per heavy atom. The van der Waals surface area contributed by atoms with Gasteiger partial charge in [0.05, 0.1) is 11.4 Å². The third kappa shape index (κ3) is 5.88. The van der Waals surface area contributed by atoms with Gasteiger partial charge in [-0.2, -0.15) is 21.9 Å². The lowest BCUT2D eigenvalue weighted by molar-refractivity contribution is 0.484. The molecule has 0 saturated heterocycles. The van der Waals surface area contributed by atoms with E-state index in [4.69, 9.17) is 8.37 Å². The number of hydrazone groups is 1. The molecule has 0 heterocycles. The fourth-order valence-electron chi connectivity index (χ4n) is 4.80. The van der Waals surface area contributed by atoms with Crippen molar-refractivity contribution in [1.82, 2.24) is 0 Å². The highest BCUT2D eigenvalue weighted by molar-refractivity contribution is 7.87. The Hall–Kier alpha value is -4.93. The van der Waals surface area contributed by atoms with Crippen molar-refractivity contribution in [3.05, 3.63) is 138 Å². The first-order chi connectivity index (χ1) is 20.6. The van der Waals surface area contributed by atoms with Gasteiger partial charge in [0, 0.05) is 11.1 Å². The lowest BCUT2D eigenvalue weighted by Gasteiger charge is -2.10. The largest absolute Gasteiger partial charge is 0.379 e. The fraction of sp³-hybridized carbons (Fsp3) is 0.0606. The van der Waals surface area contributed by atoms with Crippen LogP contribution >= 0.6 is 0 Å². The van der Waals surface area contributed by atoms with Crippen molar-refractivity contribution in [3.8, 4) is 22.6 Å². The van der Waals surface area contributed by atoms with Crippen LogP contribution in [0.25, 0.3) is 11.1 Å². The first-order valence-electron chi connectivity index (χ1n) is 13.3. The minimum absolute atomic E-state index is 0.0661. The maximum atomic E-state index is 13.3. The van der Waals surface area contributed by atoms with E-state index in [1.165, 1.54) is 24.3 Å². The fourth-order valence-corrected chi connectivity index (χ4v) is 6.70. The zero-order chi connectivity index (χ0) is 30.2. The molecule has 0 saturated carbocycles. The zero-order valence-electron chi connectivity index (χ0n) is 23.2. The van der Waals surface area contributed by atoms with Crippen LogP contribution in [0.2, 0.25) is 0 Å². The first-order valence-corrected chi connectivity index (χ1v) is 16.1. The molecule has 0 fully saturated rings. The summed E-state index contributed by atoms with van der Waals surface area (Å²) in [6.45, 7) is 3.68. The molecule has 10 heteroatoms. The van der Waals surface area contributed by atoms with Gasteiger partial charge >= 0.3 is 20.2 Å². The van der Waals surface area contributed by atoms with Crippen LogP contribution in [0, 0.1) is 13.8 Å². The molecule has 216 valence electrons. The summed E-state index contributed by atoms with van der Waals surface area (Å²) in [5, 5.41) is 4.61. The summed E-state index contributed by atoms with van der Waals surface area (Å²) < 4.78 is 64.0. The van der Waals surface area contributed by atoms with Crippen LogP contribution in [0.1, 0.15) is 22.3 Å². The van der Waals surface area contributed by atoms with Crippen molar-refractivity contribution in [1.29, 1.82) is 0 Å². The number of nitrogens with one attached hydrogen (secondary N) is 1. The molecule has 1 aliphatic rings. The summed E-state index contributed by atoms with van der Waals surface area (Å²) in [6, 6.07) is 32.0. The molecule has 0 atom stereocenters. The quantitative estimate of drug-likeness (QED) is 0.151. The second-order valence-electron chi connectivity index (χ2n) is 10.1. The van der Waals surface area contributed by atoms with Crippen LogP contribution in [-0.2, 0) is 20.2 Å². The van der Waals surface area contributed by atoms with Gasteiger partial charge in [-0.05, 0) is 96.8 Å². The number of nitrogens with zero attached hydrogens (tertiary/aromatic N) is 1. The summed E-state index contributed by atoms with van der Waals surface area (Å²) in [5.74, 6) is 0.402. The monoisotopic (exact) mass is 610 g/mol. The number of aryl methyl sites for hydroxylation is 2. The number of anilines is 1. The van der Waals surface area contributed by atoms with Crippen molar-refractivity contribution in [2.75, 3.05) is 5.43 Å². The molecule has 0 radical (unpaired) electrons. The lowest BCUT2D eigenvalue weighted by atomic mass is 10.1. The topological polar surface area (TPSA) is 111 Å². The number of fused-ring (bicyclic) bond motifs is 3. The highest BCUT2D eigenvalue weighted by Gasteiger charge is 2.30. The van der Waals surface area contributed by atoms with Gasteiger partial charge in [0.15, 0.2) is 0 Å². The van der Waals surface area contributed by atoms with Gasteiger partial charge in [-0.15, -0.1) is 0 Å². The summed E-state index contributed by atoms with van der Waals surface area (Å²) >= 11 is 0. The van der Waals surface area contributed by atoms with E-state index in [0.717, 1.165) is 11.1 Å². The second-order valence-corrected chi connectivity index (χ2v) is 13.2. The molecule has 1 aliphatic carbocycles. The molecular weight excluding hydrogens is 585 g/mol. The van der Waals surface area contributed by atoms with E-state index in [9.17, 15) is 16.8 Å². The second kappa shape index (κ2) is 11.0. The van der Waals surface area contributed by atoms with Gasteiger partial charge in [-0.3, -0.25) is 5.43 Å². The van der Waals surface area contributed by atoms with Gasteiger partial charge in [0.25, 0.3) is 0 Å². The van der Waals surface area contributed by atoms with Gasteiger partial charge in [-0.25, -0.2) is 0 Å². The lowest BCUT2D eigenvalue weighted by Crippen LogP contribution is -2.12. The normalized spacial score (nSPS) is 12.3. The Morgan fingerprint density at radius 3 is 1.49 bits per heavy atom. The van der Waals surface area contributed by atoms with Gasteiger partial charge in [0.2, 0.25) is 0 Å². The summed E-state index contributed by atoms with van der Waals surface area (Å²) in [5.41, 5.74) is 8.18. The highest BCUT2D eigenvalue weighted by Crippen LogP contribution is 2.40. The third-order valence-corrected chi connectivity index (χ3v) is 9.31. The minimum Gasteiger partial charge on any atom is -0.379 e. The Labute approximate surface area is 250 Å². The Balaban J connectivity index is 1.42. The first kappa shape index (κ1) is 28.2. The smallest absolute Gasteiger partial charge is 0.339 e. The summed E-state index contributed by atoms with van der Waals surface area (Å²) in [4.78, 5) is -0.132. The standard InChI is InChI=1S/C33H26N2O6S2/c1-22-8-6-12-25(18-22)40-42(36,37)27-14-16-29-30-17-15-28(43(38,39)41-26-13-7-9-23(2)19-26)21-32(30)33(31(29)20-27)35-34-24-10-4-3-5-11-24/h3-21,34H,1-2H3. The predicted molar refractivity (Wildman–Crippen MR) is 166 cm³/mol. The van der Waals surface area contributed by atoms with Crippen LogP contribution in [0.3, 0.4) is 0 Å². The van der Waals surface area contributed by atoms with Crippen molar-refractivity contribution in [2.45, 2.75) is 23.6 Å². The average Bonchev–Trinajstić information content (AvgIpc) is 3.28. The van der Waals surface area contributed by atoms with Crippen molar-refractivity contribution in [2.24, 2.45) is 5.10 Å². The summed E-state index contributed by atoms with van der Waals surface area (Å²) in [6.07, 6.45) is 0. The van der Waals surface area contributed by atoms with E-state index in [1.807, 2.05) is 56.3 Å². The van der Waals surface area contributed by atoms with Gasteiger partial charge < -0.3 is 8.37 Å². The molecule has 0 bridgehead atoms. The van der Waals surface area contributed by atoms with E-state index in [2.05, 4.69) is 10.5 Å². The molecule has 1 N–H and O–H groups in total. The van der Waals surface area contributed by atoms with Crippen LogP contribution < -0.4 is 13.8 Å². The van der Waals surface area contributed by atoms with Crippen LogP contribution in [-0.4, -0.2) is 22.5 Å². The molecule has 5 aromatic carbocycles. The number of rotatable bonds is 8. The predicted octanol–water partition coefficient (Wildman–Crippen LogP) is 6.68. The maximum Gasteiger partial charge on any atom is 0.339 e. The number of benzene rings is 5. The van der Waals surface area contributed by atoms with E-state index in [1.54, 1.807) is 48.5 Å². The third-order valence-electron chi connectivity index (χ3n) is 6.82. The van der Waals surface area contributed by atoms with Crippen LogP contribution in [0.4, 0.5) is 5.69 Å². The molecule has 0 amide bonds.